The molecular weight excluding hydrogens is 309 g/mol. The molecule has 118 valence electrons. The first-order valence-electron chi connectivity index (χ1n) is 6.42. The first-order valence-corrected chi connectivity index (χ1v) is 7.90. The number of halogens is 1. The summed E-state index contributed by atoms with van der Waals surface area (Å²) in [6.45, 7) is -0.0273. The van der Waals surface area contributed by atoms with E-state index in [2.05, 4.69) is 4.72 Å². The molecule has 0 heterocycles. The SMILES string of the molecule is COc1ccc(OC)c(S(=O)(=O)NCc2cccc(F)c2)c1. The molecule has 2 aromatic carbocycles. The van der Waals surface area contributed by atoms with E-state index < -0.39 is 15.8 Å². The molecular formula is C15H16FNO4S. The number of sulfonamides is 1. The zero-order valence-electron chi connectivity index (χ0n) is 12.2. The summed E-state index contributed by atoms with van der Waals surface area (Å²) in [4.78, 5) is -0.0363. The number of ether oxygens (including phenoxy) is 2. The lowest BCUT2D eigenvalue weighted by Crippen LogP contribution is -2.23. The van der Waals surface area contributed by atoms with Gasteiger partial charge >= 0.3 is 0 Å². The van der Waals surface area contributed by atoms with E-state index in [1.165, 1.54) is 44.6 Å². The third kappa shape index (κ3) is 3.75. The third-order valence-corrected chi connectivity index (χ3v) is 4.44. The average Bonchev–Trinajstić information content (AvgIpc) is 2.52. The first kappa shape index (κ1) is 16.3. The van der Waals surface area contributed by atoms with E-state index in [4.69, 9.17) is 9.47 Å². The van der Waals surface area contributed by atoms with Crippen LogP contribution >= 0.6 is 0 Å². The van der Waals surface area contributed by atoms with Crippen molar-refractivity contribution >= 4 is 10.0 Å². The predicted molar refractivity (Wildman–Crippen MR) is 80.0 cm³/mol. The van der Waals surface area contributed by atoms with Crippen LogP contribution in [0.25, 0.3) is 0 Å². The fraction of sp³-hybridized carbons (Fsp3) is 0.200. The van der Waals surface area contributed by atoms with E-state index in [1.807, 2.05) is 0 Å². The summed E-state index contributed by atoms with van der Waals surface area (Å²) in [7, 11) is -0.999. The smallest absolute Gasteiger partial charge is 0.244 e. The maximum atomic E-state index is 13.1. The Balaban J connectivity index is 2.26. The Hall–Kier alpha value is -2.12. The van der Waals surface area contributed by atoms with Crippen molar-refractivity contribution in [1.82, 2.24) is 4.72 Å². The second-order valence-electron chi connectivity index (χ2n) is 4.47. The fourth-order valence-electron chi connectivity index (χ4n) is 1.90. The largest absolute Gasteiger partial charge is 0.497 e. The lowest BCUT2D eigenvalue weighted by atomic mass is 10.2. The zero-order valence-corrected chi connectivity index (χ0v) is 13.0. The summed E-state index contributed by atoms with van der Waals surface area (Å²) >= 11 is 0. The van der Waals surface area contributed by atoms with Crippen molar-refractivity contribution in [1.29, 1.82) is 0 Å². The molecule has 2 rings (SSSR count). The highest BCUT2D eigenvalue weighted by molar-refractivity contribution is 7.89. The number of benzene rings is 2. The van der Waals surface area contributed by atoms with Crippen molar-refractivity contribution in [3.05, 3.63) is 53.8 Å². The van der Waals surface area contributed by atoms with Crippen LogP contribution in [-0.2, 0) is 16.6 Å². The lowest BCUT2D eigenvalue weighted by Gasteiger charge is -2.12. The van der Waals surface area contributed by atoms with Crippen molar-refractivity contribution in [2.45, 2.75) is 11.4 Å². The van der Waals surface area contributed by atoms with Crippen LogP contribution in [0.15, 0.2) is 47.4 Å². The number of methoxy groups -OCH3 is 2. The second-order valence-corrected chi connectivity index (χ2v) is 6.21. The minimum absolute atomic E-state index is 0.0273. The zero-order chi connectivity index (χ0) is 16.2. The molecule has 0 aliphatic rings. The van der Waals surface area contributed by atoms with Crippen molar-refractivity contribution in [2.75, 3.05) is 14.2 Å². The first-order chi connectivity index (χ1) is 10.5. The molecule has 22 heavy (non-hydrogen) atoms. The minimum Gasteiger partial charge on any atom is -0.497 e. The van der Waals surface area contributed by atoms with Crippen LogP contribution < -0.4 is 14.2 Å². The van der Waals surface area contributed by atoms with Crippen LogP contribution in [0.5, 0.6) is 11.5 Å². The molecule has 2 aromatic rings. The van der Waals surface area contributed by atoms with Gasteiger partial charge in [-0.3, -0.25) is 0 Å². The highest BCUT2D eigenvalue weighted by Crippen LogP contribution is 2.28. The van der Waals surface area contributed by atoms with Crippen LogP contribution in [0.4, 0.5) is 4.39 Å². The molecule has 0 spiro atoms. The van der Waals surface area contributed by atoms with E-state index in [1.54, 1.807) is 12.1 Å². The normalized spacial score (nSPS) is 11.2. The molecule has 0 aliphatic heterocycles. The van der Waals surface area contributed by atoms with Gasteiger partial charge in [0, 0.05) is 12.6 Å². The van der Waals surface area contributed by atoms with Gasteiger partial charge in [0.1, 0.15) is 22.2 Å². The Bertz CT molecular complexity index is 762. The molecule has 0 radical (unpaired) electrons. The molecule has 1 N–H and O–H groups in total. The fourth-order valence-corrected chi connectivity index (χ4v) is 3.10. The number of hydrogen-bond acceptors (Lipinski definition) is 4. The molecule has 0 unspecified atom stereocenters. The van der Waals surface area contributed by atoms with Gasteiger partial charge in [0.15, 0.2) is 0 Å². The Morgan fingerprint density at radius 1 is 1.09 bits per heavy atom. The summed E-state index contributed by atoms with van der Waals surface area (Å²) in [5.74, 6) is 0.176. The highest BCUT2D eigenvalue weighted by Gasteiger charge is 2.20. The number of hydrogen-bond donors (Lipinski definition) is 1. The molecule has 0 saturated heterocycles. The van der Waals surface area contributed by atoms with Crippen molar-refractivity contribution < 1.29 is 22.3 Å². The Kier molecular flexibility index (Phi) is 4.99. The van der Waals surface area contributed by atoms with Crippen LogP contribution in [0.3, 0.4) is 0 Å². The molecule has 7 heteroatoms. The van der Waals surface area contributed by atoms with Crippen LogP contribution in [0.1, 0.15) is 5.56 Å². The van der Waals surface area contributed by atoms with Gasteiger partial charge in [-0.05, 0) is 29.8 Å². The lowest BCUT2D eigenvalue weighted by molar-refractivity contribution is 0.392. The third-order valence-electron chi connectivity index (χ3n) is 3.02. The van der Waals surface area contributed by atoms with Crippen LogP contribution in [-0.4, -0.2) is 22.6 Å². The summed E-state index contributed by atoms with van der Waals surface area (Å²) in [5.41, 5.74) is 0.519. The number of nitrogens with one attached hydrogen (secondary N) is 1. The van der Waals surface area contributed by atoms with E-state index in [9.17, 15) is 12.8 Å². The van der Waals surface area contributed by atoms with Gasteiger partial charge in [0.25, 0.3) is 0 Å². The predicted octanol–water partition coefficient (Wildman–Crippen LogP) is 2.32. The molecule has 0 amide bonds. The van der Waals surface area contributed by atoms with Gasteiger partial charge in [-0.25, -0.2) is 17.5 Å². The molecule has 0 aliphatic carbocycles. The molecule has 0 saturated carbocycles. The maximum Gasteiger partial charge on any atom is 0.244 e. The monoisotopic (exact) mass is 325 g/mol. The highest BCUT2D eigenvalue weighted by atomic mass is 32.2. The summed E-state index contributed by atoms with van der Waals surface area (Å²) in [5, 5.41) is 0. The van der Waals surface area contributed by atoms with E-state index in [0.29, 0.717) is 11.3 Å². The summed E-state index contributed by atoms with van der Waals surface area (Å²) < 4.78 is 50.4. The average molecular weight is 325 g/mol. The Morgan fingerprint density at radius 2 is 1.86 bits per heavy atom. The van der Waals surface area contributed by atoms with Gasteiger partial charge in [0.05, 0.1) is 14.2 Å². The Morgan fingerprint density at radius 3 is 2.50 bits per heavy atom. The molecule has 0 bridgehead atoms. The number of rotatable bonds is 6. The van der Waals surface area contributed by atoms with Crippen molar-refractivity contribution in [3.63, 3.8) is 0 Å². The molecule has 0 fully saturated rings. The van der Waals surface area contributed by atoms with E-state index in [-0.39, 0.29) is 17.2 Å². The Labute approximate surface area is 128 Å². The standard InChI is InChI=1S/C15H16FNO4S/c1-20-13-6-7-14(21-2)15(9-13)22(18,19)17-10-11-4-3-5-12(16)8-11/h3-9,17H,10H2,1-2H3. The van der Waals surface area contributed by atoms with Gasteiger partial charge in [-0.15, -0.1) is 0 Å². The topological polar surface area (TPSA) is 64.6 Å². The molecule has 5 nitrogen and oxygen atoms in total. The van der Waals surface area contributed by atoms with Gasteiger partial charge in [0.2, 0.25) is 10.0 Å². The summed E-state index contributed by atoms with van der Waals surface area (Å²) in [6, 6.07) is 10.2. The van der Waals surface area contributed by atoms with Gasteiger partial charge in [-0.1, -0.05) is 12.1 Å². The van der Waals surface area contributed by atoms with Gasteiger partial charge < -0.3 is 9.47 Å². The molecule has 0 aromatic heterocycles. The molecule has 0 atom stereocenters. The maximum absolute atomic E-state index is 13.1. The van der Waals surface area contributed by atoms with Gasteiger partial charge in [-0.2, -0.15) is 0 Å². The van der Waals surface area contributed by atoms with Crippen molar-refractivity contribution in [3.8, 4) is 11.5 Å². The second kappa shape index (κ2) is 6.76. The van der Waals surface area contributed by atoms with E-state index >= 15 is 0 Å². The van der Waals surface area contributed by atoms with Crippen LogP contribution in [0.2, 0.25) is 0 Å². The quantitative estimate of drug-likeness (QED) is 0.885. The minimum atomic E-state index is -3.82. The van der Waals surface area contributed by atoms with Crippen LogP contribution in [0, 0.1) is 5.82 Å². The van der Waals surface area contributed by atoms with E-state index in [0.717, 1.165) is 0 Å². The van der Waals surface area contributed by atoms with Crippen molar-refractivity contribution in [2.24, 2.45) is 0 Å². The summed E-state index contributed by atoms with van der Waals surface area (Å²) in [6.07, 6.45) is 0.